The second kappa shape index (κ2) is 5.34. The number of nitrogens with zero attached hydrogens (tertiary/aromatic N) is 2. The van der Waals surface area contributed by atoms with Gasteiger partial charge in [0.2, 0.25) is 0 Å². The molecule has 0 bridgehead atoms. The van der Waals surface area contributed by atoms with Crippen molar-refractivity contribution < 1.29 is 0 Å². The molecule has 1 aromatic rings. The van der Waals surface area contributed by atoms with Gasteiger partial charge in [-0.15, -0.1) is 0 Å². The highest BCUT2D eigenvalue weighted by Crippen LogP contribution is 2.12. The van der Waals surface area contributed by atoms with E-state index in [0.29, 0.717) is 6.42 Å². The zero-order valence-corrected chi connectivity index (χ0v) is 9.33. The Hall–Kier alpha value is -1.58. The molecular formula is C11H18N4. The van der Waals surface area contributed by atoms with Crippen molar-refractivity contribution in [3.63, 3.8) is 0 Å². The van der Waals surface area contributed by atoms with Crippen molar-refractivity contribution in [2.24, 2.45) is 5.73 Å². The zero-order valence-electron chi connectivity index (χ0n) is 9.33. The maximum absolute atomic E-state index is 7.24. The van der Waals surface area contributed by atoms with Crippen LogP contribution in [-0.2, 0) is 6.42 Å². The predicted octanol–water partition coefficient (Wildman–Crippen LogP) is 1.41. The van der Waals surface area contributed by atoms with Gasteiger partial charge < -0.3 is 10.6 Å². The van der Waals surface area contributed by atoms with E-state index in [1.54, 1.807) is 6.20 Å². The van der Waals surface area contributed by atoms with Gasteiger partial charge in [-0.2, -0.15) is 0 Å². The maximum atomic E-state index is 7.24. The molecule has 82 valence electrons. The van der Waals surface area contributed by atoms with Crippen molar-refractivity contribution in [2.45, 2.75) is 20.3 Å². The largest absolute Gasteiger partial charge is 0.387 e. The highest BCUT2D eigenvalue weighted by Gasteiger charge is 2.04. The van der Waals surface area contributed by atoms with Crippen LogP contribution in [-0.4, -0.2) is 23.9 Å². The van der Waals surface area contributed by atoms with Crippen LogP contribution in [0.15, 0.2) is 18.3 Å². The maximum Gasteiger partial charge on any atom is 0.128 e. The Bertz CT molecular complexity index is 331. The fourth-order valence-corrected chi connectivity index (χ4v) is 1.51. The third-order valence-electron chi connectivity index (χ3n) is 2.29. The van der Waals surface area contributed by atoms with E-state index in [9.17, 15) is 0 Å². The molecule has 0 radical (unpaired) electrons. The average Bonchev–Trinajstić information content (AvgIpc) is 2.19. The summed E-state index contributed by atoms with van der Waals surface area (Å²) in [5.41, 5.74) is 6.41. The highest BCUT2D eigenvalue weighted by molar-refractivity contribution is 5.79. The van der Waals surface area contributed by atoms with Gasteiger partial charge in [-0.05, 0) is 31.5 Å². The minimum Gasteiger partial charge on any atom is -0.387 e. The van der Waals surface area contributed by atoms with E-state index in [1.807, 2.05) is 12.1 Å². The lowest BCUT2D eigenvalue weighted by Crippen LogP contribution is -2.23. The van der Waals surface area contributed by atoms with Crippen LogP contribution >= 0.6 is 0 Å². The van der Waals surface area contributed by atoms with E-state index < -0.39 is 0 Å². The fourth-order valence-electron chi connectivity index (χ4n) is 1.51. The van der Waals surface area contributed by atoms with Crippen LogP contribution in [0.25, 0.3) is 0 Å². The lowest BCUT2D eigenvalue weighted by Gasteiger charge is -2.20. The van der Waals surface area contributed by atoms with Crippen LogP contribution in [0.3, 0.4) is 0 Å². The Morgan fingerprint density at radius 2 is 2.13 bits per heavy atom. The summed E-state index contributed by atoms with van der Waals surface area (Å²) in [7, 11) is 0. The molecule has 4 nitrogen and oxygen atoms in total. The van der Waals surface area contributed by atoms with Crippen LogP contribution in [0.4, 0.5) is 5.82 Å². The van der Waals surface area contributed by atoms with Crippen LogP contribution in [0.1, 0.15) is 19.4 Å². The van der Waals surface area contributed by atoms with Crippen LogP contribution in [0.5, 0.6) is 0 Å². The van der Waals surface area contributed by atoms with Gasteiger partial charge in [-0.25, -0.2) is 4.98 Å². The second-order valence-electron chi connectivity index (χ2n) is 3.40. The second-order valence-corrected chi connectivity index (χ2v) is 3.40. The topological polar surface area (TPSA) is 66.0 Å². The molecule has 4 heteroatoms. The molecular weight excluding hydrogens is 188 g/mol. The highest BCUT2D eigenvalue weighted by atomic mass is 15.2. The van der Waals surface area contributed by atoms with E-state index in [2.05, 4.69) is 23.7 Å². The Kier molecular flexibility index (Phi) is 4.09. The van der Waals surface area contributed by atoms with Crippen molar-refractivity contribution in [2.75, 3.05) is 18.0 Å². The summed E-state index contributed by atoms with van der Waals surface area (Å²) in [6.45, 7) is 6.08. The smallest absolute Gasteiger partial charge is 0.128 e. The van der Waals surface area contributed by atoms with Gasteiger partial charge in [0.05, 0.1) is 5.84 Å². The quantitative estimate of drug-likeness (QED) is 0.565. The average molecular weight is 206 g/mol. The van der Waals surface area contributed by atoms with Crippen molar-refractivity contribution in [3.8, 4) is 0 Å². The number of aromatic nitrogens is 1. The molecule has 15 heavy (non-hydrogen) atoms. The van der Waals surface area contributed by atoms with Gasteiger partial charge in [-0.1, -0.05) is 0 Å². The molecule has 1 aromatic heterocycles. The van der Waals surface area contributed by atoms with Gasteiger partial charge in [0, 0.05) is 25.7 Å². The first-order valence-corrected chi connectivity index (χ1v) is 5.20. The summed E-state index contributed by atoms with van der Waals surface area (Å²) in [5, 5.41) is 7.24. The molecule has 1 rings (SSSR count). The first kappa shape index (κ1) is 11.5. The molecule has 0 aliphatic heterocycles. The van der Waals surface area contributed by atoms with E-state index in [-0.39, 0.29) is 5.84 Å². The number of hydrogen-bond acceptors (Lipinski definition) is 3. The number of rotatable bonds is 5. The third-order valence-corrected chi connectivity index (χ3v) is 2.29. The third kappa shape index (κ3) is 3.23. The summed E-state index contributed by atoms with van der Waals surface area (Å²) < 4.78 is 0. The number of hydrogen-bond donors (Lipinski definition) is 2. The summed E-state index contributed by atoms with van der Waals surface area (Å²) in [6, 6.07) is 3.89. The summed E-state index contributed by atoms with van der Waals surface area (Å²) in [4.78, 5) is 6.47. The lowest BCUT2D eigenvalue weighted by atomic mass is 10.2. The Morgan fingerprint density at radius 3 is 2.67 bits per heavy atom. The molecule has 0 aliphatic carbocycles. The normalized spacial score (nSPS) is 10.0. The van der Waals surface area contributed by atoms with Gasteiger partial charge in [0.15, 0.2) is 0 Å². The monoisotopic (exact) mass is 206 g/mol. The number of pyridine rings is 1. The summed E-state index contributed by atoms with van der Waals surface area (Å²) in [6.07, 6.45) is 2.27. The molecule has 0 fully saturated rings. The number of amidine groups is 1. The Morgan fingerprint density at radius 1 is 1.47 bits per heavy atom. The van der Waals surface area contributed by atoms with E-state index in [4.69, 9.17) is 11.1 Å². The number of nitrogens with two attached hydrogens (primary N) is 1. The van der Waals surface area contributed by atoms with Crippen LogP contribution < -0.4 is 10.6 Å². The number of anilines is 1. The first-order valence-electron chi connectivity index (χ1n) is 5.20. The summed E-state index contributed by atoms with van der Waals surface area (Å²) in [5.74, 6) is 1.14. The van der Waals surface area contributed by atoms with Gasteiger partial charge >= 0.3 is 0 Å². The molecule has 0 saturated carbocycles. The molecule has 0 saturated heterocycles. The molecule has 0 spiro atoms. The fraction of sp³-hybridized carbons (Fsp3) is 0.455. The van der Waals surface area contributed by atoms with Crippen molar-refractivity contribution in [1.29, 1.82) is 5.41 Å². The van der Waals surface area contributed by atoms with Gasteiger partial charge in [0.25, 0.3) is 0 Å². The lowest BCUT2D eigenvalue weighted by molar-refractivity contribution is 0.844. The summed E-state index contributed by atoms with van der Waals surface area (Å²) >= 11 is 0. The Balaban J connectivity index is 2.86. The minimum atomic E-state index is 0.187. The standard InChI is InChI=1S/C11H18N4/c1-3-15(4-2)11-8-9(5-6-14-11)7-10(12)13/h5-6,8H,3-4,7H2,1-2H3,(H3,12,13). The SMILES string of the molecule is CCN(CC)c1cc(CC(=N)N)ccn1. The Labute approximate surface area is 90.6 Å². The van der Waals surface area contributed by atoms with E-state index >= 15 is 0 Å². The van der Waals surface area contributed by atoms with E-state index in [1.165, 1.54) is 0 Å². The molecule has 3 N–H and O–H groups in total. The molecule has 0 unspecified atom stereocenters. The van der Waals surface area contributed by atoms with Gasteiger partial charge in [0.1, 0.15) is 5.82 Å². The number of nitrogens with one attached hydrogen (secondary N) is 1. The molecule has 0 amide bonds. The van der Waals surface area contributed by atoms with Crippen LogP contribution in [0, 0.1) is 5.41 Å². The van der Waals surface area contributed by atoms with E-state index in [0.717, 1.165) is 24.5 Å². The van der Waals surface area contributed by atoms with Crippen molar-refractivity contribution >= 4 is 11.7 Å². The molecule has 0 atom stereocenters. The molecule has 0 aliphatic rings. The molecule has 0 aromatic carbocycles. The predicted molar refractivity (Wildman–Crippen MR) is 63.4 cm³/mol. The van der Waals surface area contributed by atoms with Crippen molar-refractivity contribution in [3.05, 3.63) is 23.9 Å². The molecule has 1 heterocycles. The van der Waals surface area contributed by atoms with Gasteiger partial charge in [-0.3, -0.25) is 5.41 Å². The van der Waals surface area contributed by atoms with Crippen LogP contribution in [0.2, 0.25) is 0 Å². The van der Waals surface area contributed by atoms with Crippen molar-refractivity contribution in [1.82, 2.24) is 4.98 Å². The minimum absolute atomic E-state index is 0.187. The zero-order chi connectivity index (χ0) is 11.3. The first-order chi connectivity index (χ1) is 7.17.